The third-order valence-corrected chi connectivity index (χ3v) is 6.13. The van der Waals surface area contributed by atoms with Gasteiger partial charge in [-0.3, -0.25) is 9.69 Å². The molecular formula is C22H21NO3S. The number of amides is 1. The van der Waals surface area contributed by atoms with Crippen LogP contribution in [0.4, 0.5) is 5.69 Å². The molecule has 1 amide bonds. The fraction of sp³-hybridized carbons (Fsp3) is 0.227. The predicted molar refractivity (Wildman–Crippen MR) is 107 cm³/mol. The van der Waals surface area contributed by atoms with E-state index in [2.05, 4.69) is 13.0 Å². The first-order valence-electron chi connectivity index (χ1n) is 8.82. The largest absolute Gasteiger partial charge is 0.497 e. The Morgan fingerprint density at radius 1 is 1.04 bits per heavy atom. The van der Waals surface area contributed by atoms with Gasteiger partial charge in [0.1, 0.15) is 11.3 Å². The van der Waals surface area contributed by atoms with Crippen molar-refractivity contribution in [1.82, 2.24) is 0 Å². The van der Waals surface area contributed by atoms with Crippen molar-refractivity contribution in [3.05, 3.63) is 82.6 Å². The molecule has 0 spiro atoms. The molecule has 2 unspecified atom stereocenters. The minimum atomic E-state index is -0.533. The number of thiophene rings is 1. The van der Waals surface area contributed by atoms with Crippen molar-refractivity contribution < 1.29 is 14.3 Å². The Labute approximate surface area is 163 Å². The highest BCUT2D eigenvalue weighted by Gasteiger charge is 2.60. The quantitative estimate of drug-likeness (QED) is 0.588. The molecule has 2 atom stereocenters. The average Bonchev–Trinajstić information content (AvgIpc) is 3.24. The molecule has 0 bridgehead atoms. The maximum absolute atomic E-state index is 13.0. The second kappa shape index (κ2) is 7.18. The summed E-state index contributed by atoms with van der Waals surface area (Å²) in [6.07, 6.45) is -0.515. The number of ether oxygens (including phenoxy) is 2. The summed E-state index contributed by atoms with van der Waals surface area (Å²) in [5.74, 6) is 0.744. The fourth-order valence-corrected chi connectivity index (χ4v) is 4.46. The van der Waals surface area contributed by atoms with E-state index in [4.69, 9.17) is 9.47 Å². The van der Waals surface area contributed by atoms with E-state index < -0.39 is 11.6 Å². The number of hydrogen-bond donors (Lipinski definition) is 0. The second-order valence-corrected chi connectivity index (χ2v) is 7.62. The minimum Gasteiger partial charge on any atom is -0.497 e. The van der Waals surface area contributed by atoms with Crippen LogP contribution < -0.4 is 9.64 Å². The number of methoxy groups -OCH3 is 1. The summed E-state index contributed by atoms with van der Waals surface area (Å²) in [6, 6.07) is 21.6. The van der Waals surface area contributed by atoms with Crippen molar-refractivity contribution in [3.63, 3.8) is 0 Å². The summed E-state index contributed by atoms with van der Waals surface area (Å²) >= 11 is 1.64. The lowest BCUT2D eigenvalue weighted by Crippen LogP contribution is -2.71. The van der Waals surface area contributed by atoms with Gasteiger partial charge in [0.2, 0.25) is 0 Å². The zero-order valence-corrected chi connectivity index (χ0v) is 16.1. The maximum Gasteiger partial charge on any atom is 0.259 e. The van der Waals surface area contributed by atoms with E-state index >= 15 is 0 Å². The van der Waals surface area contributed by atoms with Gasteiger partial charge in [0.05, 0.1) is 13.7 Å². The van der Waals surface area contributed by atoms with E-state index in [1.165, 1.54) is 0 Å². The molecule has 0 aliphatic carbocycles. The zero-order valence-electron chi connectivity index (χ0n) is 15.3. The third kappa shape index (κ3) is 3.03. The summed E-state index contributed by atoms with van der Waals surface area (Å²) in [6.45, 7) is 2.48. The molecule has 1 saturated heterocycles. The highest BCUT2D eigenvalue weighted by atomic mass is 32.1. The van der Waals surface area contributed by atoms with Crippen LogP contribution in [-0.4, -0.2) is 19.1 Å². The van der Waals surface area contributed by atoms with E-state index in [1.807, 2.05) is 70.9 Å². The fourth-order valence-electron chi connectivity index (χ4n) is 3.56. The van der Waals surface area contributed by atoms with E-state index in [-0.39, 0.29) is 5.91 Å². The lowest BCUT2D eigenvalue weighted by Gasteiger charge is -2.54. The Morgan fingerprint density at radius 3 is 2.41 bits per heavy atom. The Bertz CT molecular complexity index is 909. The van der Waals surface area contributed by atoms with Crippen molar-refractivity contribution in [2.75, 3.05) is 12.0 Å². The molecule has 138 valence electrons. The molecule has 0 radical (unpaired) electrons. The topological polar surface area (TPSA) is 38.8 Å². The molecule has 1 aromatic heterocycles. The number of carbonyl (C=O) groups is 1. The van der Waals surface area contributed by atoms with Gasteiger partial charge in [-0.2, -0.15) is 0 Å². The summed E-state index contributed by atoms with van der Waals surface area (Å²) in [4.78, 5) is 16.0. The van der Waals surface area contributed by atoms with Crippen molar-refractivity contribution in [3.8, 4) is 5.75 Å². The van der Waals surface area contributed by atoms with Crippen LogP contribution in [0.3, 0.4) is 0 Å². The SMILES string of the molecule is COc1ccc(N2C(=O)C(OCc3ccccc3)C2(C)c2cccs2)cc1. The van der Waals surface area contributed by atoms with Gasteiger partial charge >= 0.3 is 0 Å². The Morgan fingerprint density at radius 2 is 1.78 bits per heavy atom. The molecule has 3 aromatic rings. The number of anilines is 1. The van der Waals surface area contributed by atoms with Gasteiger partial charge < -0.3 is 9.47 Å². The summed E-state index contributed by atoms with van der Waals surface area (Å²) in [7, 11) is 1.63. The standard InChI is InChI=1S/C22H21NO3S/c1-22(19-9-6-14-27-19)20(26-15-16-7-4-3-5-8-16)21(24)23(22)17-10-12-18(25-2)13-11-17/h3-14,20H,15H2,1-2H3. The van der Waals surface area contributed by atoms with Gasteiger partial charge in [0.25, 0.3) is 5.91 Å². The Hall–Kier alpha value is -2.63. The number of carbonyl (C=O) groups excluding carboxylic acids is 1. The third-order valence-electron chi connectivity index (χ3n) is 5.03. The summed E-state index contributed by atoms with van der Waals surface area (Å²) < 4.78 is 11.3. The van der Waals surface area contributed by atoms with Gasteiger partial charge in [-0.05, 0) is 48.2 Å². The van der Waals surface area contributed by atoms with Gasteiger partial charge in [-0.1, -0.05) is 36.4 Å². The van der Waals surface area contributed by atoms with Gasteiger partial charge in [-0.15, -0.1) is 11.3 Å². The van der Waals surface area contributed by atoms with Crippen LogP contribution >= 0.6 is 11.3 Å². The normalized spacial score (nSPS) is 21.8. The average molecular weight is 379 g/mol. The molecular weight excluding hydrogens is 358 g/mol. The van der Waals surface area contributed by atoms with Crippen molar-refractivity contribution in [1.29, 1.82) is 0 Å². The number of nitrogens with zero attached hydrogens (tertiary/aromatic N) is 1. The Balaban J connectivity index is 1.63. The first-order chi connectivity index (χ1) is 13.1. The number of rotatable bonds is 6. The van der Waals surface area contributed by atoms with E-state index in [0.29, 0.717) is 6.61 Å². The monoisotopic (exact) mass is 379 g/mol. The first-order valence-corrected chi connectivity index (χ1v) is 9.70. The zero-order chi connectivity index (χ0) is 18.9. The van der Waals surface area contributed by atoms with Crippen molar-refractivity contribution >= 4 is 22.9 Å². The summed E-state index contributed by atoms with van der Waals surface area (Å²) in [5.41, 5.74) is 1.37. The number of hydrogen-bond acceptors (Lipinski definition) is 4. The van der Waals surface area contributed by atoms with Crippen LogP contribution in [-0.2, 0) is 21.7 Å². The molecule has 1 fully saturated rings. The predicted octanol–water partition coefficient (Wildman–Crippen LogP) is 4.60. The van der Waals surface area contributed by atoms with Crippen LogP contribution in [0.1, 0.15) is 17.4 Å². The van der Waals surface area contributed by atoms with E-state index in [1.54, 1.807) is 18.4 Å². The van der Waals surface area contributed by atoms with Gasteiger partial charge in [0.15, 0.2) is 6.10 Å². The molecule has 5 heteroatoms. The minimum absolute atomic E-state index is 0.0213. The molecule has 2 aromatic carbocycles. The van der Waals surface area contributed by atoms with Crippen LogP contribution in [0.25, 0.3) is 0 Å². The van der Waals surface area contributed by atoms with Crippen LogP contribution in [0.15, 0.2) is 72.1 Å². The highest BCUT2D eigenvalue weighted by molar-refractivity contribution is 7.10. The molecule has 4 rings (SSSR count). The maximum atomic E-state index is 13.0. The van der Waals surface area contributed by atoms with Crippen molar-refractivity contribution in [2.45, 2.75) is 25.2 Å². The molecule has 1 aliphatic rings. The van der Waals surface area contributed by atoms with Gasteiger partial charge in [0, 0.05) is 10.6 Å². The Kier molecular flexibility index (Phi) is 4.72. The van der Waals surface area contributed by atoms with E-state index in [0.717, 1.165) is 21.9 Å². The molecule has 0 saturated carbocycles. The first kappa shape index (κ1) is 17.8. The molecule has 2 heterocycles. The van der Waals surface area contributed by atoms with Crippen LogP contribution in [0.2, 0.25) is 0 Å². The molecule has 0 N–H and O–H groups in total. The molecule has 1 aliphatic heterocycles. The van der Waals surface area contributed by atoms with Gasteiger partial charge in [-0.25, -0.2) is 0 Å². The molecule has 4 nitrogen and oxygen atoms in total. The number of benzene rings is 2. The highest BCUT2D eigenvalue weighted by Crippen LogP contribution is 2.48. The number of β-lactam (4-membered cyclic amide) rings is 1. The van der Waals surface area contributed by atoms with Crippen LogP contribution in [0, 0.1) is 0 Å². The summed E-state index contributed by atoms with van der Waals surface area (Å²) in [5, 5.41) is 2.03. The van der Waals surface area contributed by atoms with E-state index in [9.17, 15) is 4.79 Å². The molecule has 27 heavy (non-hydrogen) atoms. The lowest BCUT2D eigenvalue weighted by molar-refractivity contribution is -0.151. The van der Waals surface area contributed by atoms with Crippen molar-refractivity contribution in [2.24, 2.45) is 0 Å². The van der Waals surface area contributed by atoms with Crippen LogP contribution in [0.5, 0.6) is 5.75 Å². The smallest absolute Gasteiger partial charge is 0.259 e. The second-order valence-electron chi connectivity index (χ2n) is 6.67. The lowest BCUT2D eigenvalue weighted by atomic mass is 9.80.